The van der Waals surface area contributed by atoms with Crippen molar-refractivity contribution in [1.29, 1.82) is 0 Å². The average Bonchev–Trinajstić information content (AvgIpc) is 3.42. The summed E-state index contributed by atoms with van der Waals surface area (Å²) in [6, 6.07) is -0.910. The number of amides is 2. The second-order valence-corrected chi connectivity index (χ2v) is 8.40. The monoisotopic (exact) mass is 424 g/mol. The van der Waals surface area contributed by atoms with Gasteiger partial charge in [0, 0.05) is 37.0 Å². The molecule has 4 atom stereocenters. The van der Waals surface area contributed by atoms with Crippen molar-refractivity contribution in [2.75, 3.05) is 27.3 Å². The number of esters is 2. The summed E-state index contributed by atoms with van der Waals surface area (Å²) in [5.74, 6) is -0.854. The highest BCUT2D eigenvalue weighted by molar-refractivity contribution is 5.82. The van der Waals surface area contributed by atoms with Crippen molar-refractivity contribution >= 4 is 23.8 Å². The molecule has 3 rings (SSSR count). The number of hydrogen-bond donors (Lipinski definition) is 4. The number of carbonyl (C=O) groups excluding carboxylic acids is 4. The molecular weight excluding hydrogens is 392 g/mol. The van der Waals surface area contributed by atoms with E-state index in [0.29, 0.717) is 51.6 Å². The molecule has 2 heterocycles. The Morgan fingerprint density at radius 2 is 1.07 bits per heavy atom. The molecule has 3 aliphatic rings. The Morgan fingerprint density at radius 1 is 0.700 bits per heavy atom. The molecule has 3 fully saturated rings. The van der Waals surface area contributed by atoms with Crippen molar-refractivity contribution < 1.29 is 28.7 Å². The maximum absolute atomic E-state index is 12.6. The van der Waals surface area contributed by atoms with E-state index in [-0.39, 0.29) is 59.8 Å². The van der Waals surface area contributed by atoms with E-state index in [9.17, 15) is 19.2 Å². The predicted molar refractivity (Wildman–Crippen MR) is 106 cm³/mol. The Labute approximate surface area is 176 Å². The lowest BCUT2D eigenvalue weighted by atomic mass is 9.81. The predicted octanol–water partition coefficient (Wildman–Crippen LogP) is -1.17. The van der Waals surface area contributed by atoms with Crippen LogP contribution in [0.15, 0.2) is 0 Å². The van der Waals surface area contributed by atoms with Crippen molar-refractivity contribution in [3.05, 3.63) is 0 Å². The molecule has 4 unspecified atom stereocenters. The van der Waals surface area contributed by atoms with Crippen LogP contribution in [0.3, 0.4) is 0 Å². The fourth-order valence-electron chi connectivity index (χ4n) is 4.59. The maximum atomic E-state index is 12.6. The zero-order valence-electron chi connectivity index (χ0n) is 17.6. The first-order valence-electron chi connectivity index (χ1n) is 10.6. The van der Waals surface area contributed by atoms with Crippen LogP contribution in [-0.2, 0) is 28.7 Å². The zero-order valence-corrected chi connectivity index (χ0v) is 17.6. The molecule has 1 aliphatic carbocycles. The summed E-state index contributed by atoms with van der Waals surface area (Å²) in [6.07, 6.45) is 3.71. The Balaban J connectivity index is 1.37. The number of hydrogen-bond acceptors (Lipinski definition) is 8. The fourth-order valence-corrected chi connectivity index (χ4v) is 4.59. The zero-order chi connectivity index (χ0) is 21.7. The van der Waals surface area contributed by atoms with Crippen LogP contribution >= 0.6 is 0 Å². The molecule has 2 aliphatic heterocycles. The van der Waals surface area contributed by atoms with Crippen LogP contribution in [0.25, 0.3) is 0 Å². The SMILES string of the molecule is COC(=O)C1CC(NC(=O)C2CCC(C(=O)NC3CNC(C(=O)OC)C3)CC2)CN1. The van der Waals surface area contributed by atoms with E-state index < -0.39 is 0 Å². The smallest absolute Gasteiger partial charge is 0.322 e. The van der Waals surface area contributed by atoms with Crippen molar-refractivity contribution in [2.24, 2.45) is 11.8 Å². The van der Waals surface area contributed by atoms with Crippen molar-refractivity contribution in [3.8, 4) is 0 Å². The van der Waals surface area contributed by atoms with E-state index in [1.54, 1.807) is 0 Å². The van der Waals surface area contributed by atoms with Gasteiger partial charge in [-0.2, -0.15) is 0 Å². The Kier molecular flexibility index (Phi) is 7.65. The fraction of sp³-hybridized carbons (Fsp3) is 0.800. The second kappa shape index (κ2) is 10.2. The van der Waals surface area contributed by atoms with E-state index in [0.717, 1.165) is 0 Å². The molecule has 0 aromatic heterocycles. The molecule has 10 nitrogen and oxygen atoms in total. The molecule has 30 heavy (non-hydrogen) atoms. The standard InChI is InChI=1S/C20H32N4O6/c1-29-19(27)15-7-13(9-21-15)23-17(25)11-3-5-12(6-4-11)18(26)24-14-8-16(22-10-14)20(28)30-2/h11-16,21-22H,3-10H2,1-2H3,(H,23,25)(H,24,26). The van der Waals surface area contributed by atoms with Gasteiger partial charge in [0.2, 0.25) is 11.8 Å². The molecule has 0 aromatic carbocycles. The van der Waals surface area contributed by atoms with Gasteiger partial charge in [-0.3, -0.25) is 19.2 Å². The highest BCUT2D eigenvalue weighted by Crippen LogP contribution is 2.29. The molecular formula is C20H32N4O6. The van der Waals surface area contributed by atoms with Crippen LogP contribution in [0.4, 0.5) is 0 Å². The third-order valence-corrected chi connectivity index (χ3v) is 6.39. The summed E-state index contributed by atoms with van der Waals surface area (Å²) in [6.45, 7) is 1.09. The van der Waals surface area contributed by atoms with Gasteiger partial charge < -0.3 is 30.7 Å². The number of carbonyl (C=O) groups is 4. The molecule has 2 saturated heterocycles. The molecule has 10 heteroatoms. The van der Waals surface area contributed by atoms with Crippen LogP contribution in [0.2, 0.25) is 0 Å². The number of rotatable bonds is 6. The van der Waals surface area contributed by atoms with E-state index in [2.05, 4.69) is 21.3 Å². The van der Waals surface area contributed by atoms with Gasteiger partial charge in [0.1, 0.15) is 12.1 Å². The Morgan fingerprint density at radius 3 is 1.40 bits per heavy atom. The van der Waals surface area contributed by atoms with Crippen LogP contribution in [0.5, 0.6) is 0 Å². The summed E-state index contributed by atoms with van der Waals surface area (Å²) >= 11 is 0. The molecule has 0 bridgehead atoms. The minimum absolute atomic E-state index is 0.00733. The summed E-state index contributed by atoms with van der Waals surface area (Å²) in [7, 11) is 2.70. The largest absolute Gasteiger partial charge is 0.468 e. The van der Waals surface area contributed by atoms with Gasteiger partial charge in [-0.15, -0.1) is 0 Å². The minimum atomic E-state index is -0.372. The summed E-state index contributed by atoms with van der Waals surface area (Å²) < 4.78 is 9.46. The Hall–Kier alpha value is -2.20. The number of methoxy groups -OCH3 is 2. The van der Waals surface area contributed by atoms with Crippen LogP contribution in [0.1, 0.15) is 38.5 Å². The van der Waals surface area contributed by atoms with E-state index in [1.807, 2.05) is 0 Å². The van der Waals surface area contributed by atoms with Crippen LogP contribution in [0, 0.1) is 11.8 Å². The van der Waals surface area contributed by atoms with Crippen molar-refractivity contribution in [2.45, 2.75) is 62.7 Å². The molecule has 4 N–H and O–H groups in total. The van der Waals surface area contributed by atoms with Gasteiger partial charge in [-0.05, 0) is 38.5 Å². The van der Waals surface area contributed by atoms with Gasteiger partial charge in [0.25, 0.3) is 0 Å². The lowest BCUT2D eigenvalue weighted by Crippen LogP contribution is -2.44. The molecule has 0 radical (unpaired) electrons. The van der Waals surface area contributed by atoms with Gasteiger partial charge >= 0.3 is 11.9 Å². The van der Waals surface area contributed by atoms with E-state index in [4.69, 9.17) is 9.47 Å². The second-order valence-electron chi connectivity index (χ2n) is 8.40. The first-order chi connectivity index (χ1) is 14.4. The maximum Gasteiger partial charge on any atom is 0.322 e. The van der Waals surface area contributed by atoms with Crippen LogP contribution in [-0.4, -0.2) is 75.2 Å². The normalized spacial score (nSPS) is 33.5. The lowest BCUT2D eigenvalue weighted by molar-refractivity contribution is -0.143. The van der Waals surface area contributed by atoms with Gasteiger partial charge in [-0.1, -0.05) is 0 Å². The molecule has 2 amide bonds. The first kappa shape index (κ1) is 22.5. The van der Waals surface area contributed by atoms with Crippen LogP contribution < -0.4 is 21.3 Å². The molecule has 0 aromatic rings. The van der Waals surface area contributed by atoms with Gasteiger partial charge in [-0.25, -0.2) is 0 Å². The minimum Gasteiger partial charge on any atom is -0.468 e. The third kappa shape index (κ3) is 5.48. The summed E-state index contributed by atoms with van der Waals surface area (Å²) in [4.78, 5) is 48.3. The molecule has 0 spiro atoms. The lowest BCUT2D eigenvalue weighted by Gasteiger charge is -2.28. The van der Waals surface area contributed by atoms with E-state index >= 15 is 0 Å². The van der Waals surface area contributed by atoms with Gasteiger partial charge in [0.05, 0.1) is 14.2 Å². The van der Waals surface area contributed by atoms with E-state index in [1.165, 1.54) is 14.2 Å². The third-order valence-electron chi connectivity index (χ3n) is 6.39. The number of nitrogens with one attached hydrogen (secondary N) is 4. The highest BCUT2D eigenvalue weighted by Gasteiger charge is 2.36. The number of ether oxygens (including phenoxy) is 2. The highest BCUT2D eigenvalue weighted by atomic mass is 16.5. The average molecular weight is 424 g/mol. The quantitative estimate of drug-likeness (QED) is 0.392. The molecule has 168 valence electrons. The molecule has 1 saturated carbocycles. The van der Waals surface area contributed by atoms with Crippen molar-refractivity contribution in [3.63, 3.8) is 0 Å². The Bertz CT molecular complexity index is 608. The van der Waals surface area contributed by atoms with Crippen molar-refractivity contribution in [1.82, 2.24) is 21.3 Å². The summed E-state index contributed by atoms with van der Waals surface area (Å²) in [5.41, 5.74) is 0. The first-order valence-corrected chi connectivity index (χ1v) is 10.6. The summed E-state index contributed by atoms with van der Waals surface area (Å²) in [5, 5.41) is 12.2. The topological polar surface area (TPSA) is 135 Å². The van der Waals surface area contributed by atoms with Gasteiger partial charge in [0.15, 0.2) is 0 Å².